The van der Waals surface area contributed by atoms with Crippen LogP contribution in [0.4, 0.5) is 0 Å². The molecule has 2 rings (SSSR count). The maximum Gasteiger partial charge on any atom is 0.226 e. The van der Waals surface area contributed by atoms with Crippen LogP contribution in [0.25, 0.3) is 0 Å². The van der Waals surface area contributed by atoms with Crippen LogP contribution in [0.3, 0.4) is 0 Å². The SMILES string of the molecule is CC(CC(O)c1ccco1)NC(=O)Cc1csc(C(C)C)n1. The fourth-order valence-corrected chi connectivity index (χ4v) is 2.99. The summed E-state index contributed by atoms with van der Waals surface area (Å²) in [6.45, 7) is 6.03. The number of hydrogen-bond acceptors (Lipinski definition) is 5. The first-order valence-electron chi connectivity index (χ1n) is 7.40. The fraction of sp³-hybridized carbons (Fsp3) is 0.500. The number of nitrogens with one attached hydrogen (secondary N) is 1. The topological polar surface area (TPSA) is 75.4 Å². The second kappa shape index (κ2) is 7.56. The van der Waals surface area contributed by atoms with Crippen LogP contribution in [0.5, 0.6) is 0 Å². The van der Waals surface area contributed by atoms with E-state index in [1.807, 2.05) is 12.3 Å². The number of furan rings is 1. The molecule has 0 saturated heterocycles. The molecule has 0 radical (unpaired) electrons. The minimum Gasteiger partial charge on any atom is -0.467 e. The fourth-order valence-electron chi connectivity index (χ4n) is 2.15. The van der Waals surface area contributed by atoms with Gasteiger partial charge < -0.3 is 14.8 Å². The maximum absolute atomic E-state index is 12.0. The Balaban J connectivity index is 1.80. The largest absolute Gasteiger partial charge is 0.467 e. The molecule has 120 valence electrons. The molecule has 0 spiro atoms. The van der Waals surface area contributed by atoms with Crippen LogP contribution in [0.15, 0.2) is 28.2 Å². The molecule has 6 heteroatoms. The van der Waals surface area contributed by atoms with Crippen LogP contribution in [-0.2, 0) is 11.2 Å². The van der Waals surface area contributed by atoms with E-state index in [-0.39, 0.29) is 18.4 Å². The summed E-state index contributed by atoms with van der Waals surface area (Å²) in [5.41, 5.74) is 0.796. The number of aliphatic hydroxyl groups is 1. The summed E-state index contributed by atoms with van der Waals surface area (Å²) in [5.74, 6) is 0.811. The number of nitrogens with zero attached hydrogens (tertiary/aromatic N) is 1. The summed E-state index contributed by atoms with van der Waals surface area (Å²) < 4.78 is 5.15. The van der Waals surface area contributed by atoms with Gasteiger partial charge in [0, 0.05) is 23.8 Å². The van der Waals surface area contributed by atoms with E-state index in [9.17, 15) is 9.90 Å². The Morgan fingerprint density at radius 1 is 1.45 bits per heavy atom. The Kier molecular flexibility index (Phi) is 5.74. The van der Waals surface area contributed by atoms with E-state index in [0.717, 1.165) is 10.7 Å². The number of rotatable bonds is 7. The first-order chi connectivity index (χ1) is 10.5. The highest BCUT2D eigenvalue weighted by molar-refractivity contribution is 7.09. The van der Waals surface area contributed by atoms with Gasteiger partial charge >= 0.3 is 0 Å². The van der Waals surface area contributed by atoms with Gasteiger partial charge in [-0.05, 0) is 19.1 Å². The summed E-state index contributed by atoms with van der Waals surface area (Å²) >= 11 is 1.58. The first kappa shape index (κ1) is 16.7. The Morgan fingerprint density at radius 3 is 2.82 bits per heavy atom. The monoisotopic (exact) mass is 322 g/mol. The van der Waals surface area contributed by atoms with Gasteiger partial charge in [-0.2, -0.15) is 0 Å². The molecule has 0 bridgehead atoms. The van der Waals surface area contributed by atoms with Gasteiger partial charge in [-0.15, -0.1) is 11.3 Å². The number of thiazole rings is 1. The smallest absolute Gasteiger partial charge is 0.226 e. The van der Waals surface area contributed by atoms with Crippen molar-refractivity contribution in [2.45, 2.75) is 51.7 Å². The number of amides is 1. The van der Waals surface area contributed by atoms with Crippen molar-refractivity contribution >= 4 is 17.2 Å². The molecular weight excluding hydrogens is 300 g/mol. The summed E-state index contributed by atoms with van der Waals surface area (Å²) in [6, 6.07) is 3.31. The molecular formula is C16H22N2O3S. The number of carbonyl (C=O) groups excluding carboxylic acids is 1. The molecule has 0 aliphatic rings. The Bertz CT molecular complexity index is 592. The quantitative estimate of drug-likeness (QED) is 0.821. The van der Waals surface area contributed by atoms with E-state index in [0.29, 0.717) is 18.1 Å². The third-order valence-electron chi connectivity index (χ3n) is 3.26. The van der Waals surface area contributed by atoms with Gasteiger partial charge in [0.2, 0.25) is 5.91 Å². The molecule has 2 aromatic heterocycles. The van der Waals surface area contributed by atoms with Gasteiger partial charge in [0.25, 0.3) is 0 Å². The third kappa shape index (κ3) is 4.68. The Hall–Kier alpha value is -1.66. The van der Waals surface area contributed by atoms with Crippen molar-refractivity contribution in [2.24, 2.45) is 0 Å². The molecule has 2 atom stereocenters. The maximum atomic E-state index is 12.0. The van der Waals surface area contributed by atoms with E-state index in [1.165, 1.54) is 6.26 Å². The van der Waals surface area contributed by atoms with Crippen molar-refractivity contribution in [3.8, 4) is 0 Å². The highest BCUT2D eigenvalue weighted by Crippen LogP contribution is 2.20. The normalized spacial score (nSPS) is 14.0. The predicted molar refractivity (Wildman–Crippen MR) is 85.8 cm³/mol. The zero-order chi connectivity index (χ0) is 16.1. The number of carbonyl (C=O) groups is 1. The van der Waals surface area contributed by atoms with Crippen molar-refractivity contribution in [2.75, 3.05) is 0 Å². The lowest BCUT2D eigenvalue weighted by Crippen LogP contribution is -2.34. The van der Waals surface area contributed by atoms with E-state index in [4.69, 9.17) is 4.42 Å². The van der Waals surface area contributed by atoms with Crippen LogP contribution in [-0.4, -0.2) is 22.0 Å². The van der Waals surface area contributed by atoms with E-state index in [1.54, 1.807) is 23.5 Å². The minimum atomic E-state index is -0.711. The zero-order valence-corrected chi connectivity index (χ0v) is 13.9. The summed E-state index contributed by atoms with van der Waals surface area (Å²) in [6.07, 6.45) is 1.49. The van der Waals surface area contributed by atoms with Crippen LogP contribution < -0.4 is 5.32 Å². The number of aromatic nitrogens is 1. The molecule has 2 aromatic rings. The molecule has 22 heavy (non-hydrogen) atoms. The van der Waals surface area contributed by atoms with Gasteiger partial charge in [0.05, 0.1) is 23.4 Å². The lowest BCUT2D eigenvalue weighted by molar-refractivity contribution is -0.121. The molecule has 2 heterocycles. The van der Waals surface area contributed by atoms with Crippen molar-refractivity contribution in [3.05, 3.63) is 40.2 Å². The molecule has 1 amide bonds. The molecule has 0 saturated carbocycles. The van der Waals surface area contributed by atoms with Crippen LogP contribution in [0.1, 0.15) is 55.7 Å². The van der Waals surface area contributed by atoms with Gasteiger partial charge in [-0.1, -0.05) is 13.8 Å². The second-order valence-corrected chi connectivity index (χ2v) is 6.63. The van der Waals surface area contributed by atoms with E-state index < -0.39 is 6.10 Å². The lowest BCUT2D eigenvalue weighted by atomic mass is 10.1. The molecule has 0 fully saturated rings. The first-order valence-corrected chi connectivity index (χ1v) is 8.28. The zero-order valence-electron chi connectivity index (χ0n) is 13.1. The molecule has 0 aliphatic carbocycles. The van der Waals surface area contributed by atoms with Gasteiger partial charge in [0.1, 0.15) is 11.9 Å². The second-order valence-electron chi connectivity index (χ2n) is 5.74. The van der Waals surface area contributed by atoms with Gasteiger partial charge in [0.15, 0.2) is 0 Å². The molecule has 2 unspecified atom stereocenters. The summed E-state index contributed by atoms with van der Waals surface area (Å²) in [7, 11) is 0. The number of aliphatic hydroxyl groups excluding tert-OH is 1. The van der Waals surface area contributed by atoms with Crippen molar-refractivity contribution in [3.63, 3.8) is 0 Å². The van der Waals surface area contributed by atoms with Crippen LogP contribution >= 0.6 is 11.3 Å². The van der Waals surface area contributed by atoms with Crippen molar-refractivity contribution in [1.82, 2.24) is 10.3 Å². The highest BCUT2D eigenvalue weighted by Gasteiger charge is 2.17. The summed E-state index contributed by atoms with van der Waals surface area (Å²) in [5, 5.41) is 15.8. The molecule has 0 aromatic carbocycles. The predicted octanol–water partition coefficient (Wildman–Crippen LogP) is 3.03. The Labute approximate surface area is 134 Å². The molecule has 5 nitrogen and oxygen atoms in total. The van der Waals surface area contributed by atoms with Gasteiger partial charge in [-0.25, -0.2) is 4.98 Å². The lowest BCUT2D eigenvalue weighted by Gasteiger charge is -2.16. The molecule has 2 N–H and O–H groups in total. The van der Waals surface area contributed by atoms with Crippen molar-refractivity contribution < 1.29 is 14.3 Å². The van der Waals surface area contributed by atoms with Gasteiger partial charge in [-0.3, -0.25) is 4.79 Å². The average Bonchev–Trinajstić information content (AvgIpc) is 3.08. The minimum absolute atomic E-state index is 0.0836. The van der Waals surface area contributed by atoms with Crippen LogP contribution in [0, 0.1) is 0 Å². The standard InChI is InChI=1S/C16H22N2O3S/c1-10(2)16-18-12(9-22-16)8-15(20)17-11(3)7-13(19)14-5-4-6-21-14/h4-6,9-11,13,19H,7-8H2,1-3H3,(H,17,20). The third-order valence-corrected chi connectivity index (χ3v) is 4.46. The average molecular weight is 322 g/mol. The highest BCUT2D eigenvalue weighted by atomic mass is 32.1. The van der Waals surface area contributed by atoms with Crippen LogP contribution in [0.2, 0.25) is 0 Å². The molecule has 0 aliphatic heterocycles. The van der Waals surface area contributed by atoms with E-state index in [2.05, 4.69) is 24.1 Å². The Morgan fingerprint density at radius 2 is 2.23 bits per heavy atom. The number of hydrogen-bond donors (Lipinski definition) is 2. The summed E-state index contributed by atoms with van der Waals surface area (Å²) in [4.78, 5) is 16.5. The van der Waals surface area contributed by atoms with E-state index >= 15 is 0 Å². The van der Waals surface area contributed by atoms with Crippen molar-refractivity contribution in [1.29, 1.82) is 0 Å².